The number of aromatic nitrogens is 3. The summed E-state index contributed by atoms with van der Waals surface area (Å²) in [5, 5.41) is 4.54. The van der Waals surface area contributed by atoms with Crippen molar-refractivity contribution in [1.82, 2.24) is 14.8 Å². The van der Waals surface area contributed by atoms with Crippen LogP contribution in [0.5, 0.6) is 0 Å². The van der Waals surface area contributed by atoms with Crippen LogP contribution in [0.25, 0.3) is 11.5 Å². The summed E-state index contributed by atoms with van der Waals surface area (Å²) in [6, 6.07) is 7.12. The van der Waals surface area contributed by atoms with Crippen molar-refractivity contribution < 1.29 is 4.42 Å². The first-order valence-electron chi connectivity index (χ1n) is 6.16. The first-order valence-corrected chi connectivity index (χ1v) is 7.29. The van der Waals surface area contributed by atoms with Crippen molar-refractivity contribution in [3.05, 3.63) is 67.8 Å². The van der Waals surface area contributed by atoms with E-state index in [1.54, 1.807) is 18.2 Å². The number of halogens is 3. The summed E-state index contributed by atoms with van der Waals surface area (Å²) < 4.78 is 6.56. The van der Waals surface area contributed by atoms with E-state index in [-0.39, 0.29) is 16.6 Å². The summed E-state index contributed by atoms with van der Waals surface area (Å²) in [6.07, 6.45) is 2.76. The molecule has 0 bridgehead atoms. The maximum atomic E-state index is 11.9. The molecule has 8 heteroatoms. The lowest BCUT2D eigenvalue weighted by molar-refractivity contribution is 0.567. The molecular weight excluding hydrogens is 349 g/mol. The molecule has 0 saturated heterocycles. The number of hydrogen-bond acceptors (Lipinski definition) is 4. The molecule has 5 nitrogen and oxygen atoms in total. The summed E-state index contributed by atoms with van der Waals surface area (Å²) in [4.78, 5) is 16.2. The van der Waals surface area contributed by atoms with E-state index in [2.05, 4.69) is 10.1 Å². The highest BCUT2D eigenvalue weighted by Gasteiger charge is 2.11. The fraction of sp³-hybridized carbons (Fsp3) is 0.0714. The van der Waals surface area contributed by atoms with E-state index in [0.29, 0.717) is 16.6 Å². The lowest BCUT2D eigenvalue weighted by atomic mass is 10.2. The van der Waals surface area contributed by atoms with E-state index >= 15 is 0 Å². The molecule has 0 spiro atoms. The van der Waals surface area contributed by atoms with Crippen molar-refractivity contribution in [3.8, 4) is 11.5 Å². The molecule has 0 saturated carbocycles. The summed E-state index contributed by atoms with van der Waals surface area (Å²) in [7, 11) is 0. The van der Waals surface area contributed by atoms with E-state index in [9.17, 15) is 4.79 Å². The van der Waals surface area contributed by atoms with Gasteiger partial charge in [0.2, 0.25) is 5.89 Å². The molecule has 0 radical (unpaired) electrons. The Hall–Kier alpha value is -1.82. The molecule has 0 N–H and O–H groups in total. The van der Waals surface area contributed by atoms with Gasteiger partial charge in [0.15, 0.2) is 0 Å². The maximum absolute atomic E-state index is 11.9. The number of benzene rings is 1. The van der Waals surface area contributed by atoms with Crippen molar-refractivity contribution >= 4 is 34.8 Å². The van der Waals surface area contributed by atoms with Gasteiger partial charge in [0.25, 0.3) is 5.56 Å². The second-order valence-corrected chi connectivity index (χ2v) is 5.65. The number of oxazole rings is 1. The average Bonchev–Trinajstić information content (AvgIpc) is 2.97. The van der Waals surface area contributed by atoms with Gasteiger partial charge in [-0.3, -0.25) is 4.79 Å². The molecule has 0 aliphatic rings. The molecule has 22 heavy (non-hydrogen) atoms. The van der Waals surface area contributed by atoms with Gasteiger partial charge in [0.1, 0.15) is 17.0 Å². The van der Waals surface area contributed by atoms with Crippen LogP contribution in [0, 0.1) is 0 Å². The second-order valence-electron chi connectivity index (χ2n) is 4.42. The molecule has 0 fully saturated rings. The zero-order valence-electron chi connectivity index (χ0n) is 11.0. The predicted octanol–water partition coefficient (Wildman–Crippen LogP) is 3.91. The highest BCUT2D eigenvalue weighted by Crippen LogP contribution is 2.22. The Morgan fingerprint density at radius 3 is 2.82 bits per heavy atom. The molecule has 1 aromatic carbocycles. The highest BCUT2D eigenvalue weighted by atomic mass is 35.5. The molecule has 0 aliphatic carbocycles. The fourth-order valence-corrected chi connectivity index (χ4v) is 2.31. The molecule has 2 heterocycles. The van der Waals surface area contributed by atoms with E-state index in [0.717, 1.165) is 10.2 Å². The van der Waals surface area contributed by atoms with Gasteiger partial charge in [0.05, 0.1) is 17.8 Å². The van der Waals surface area contributed by atoms with Crippen LogP contribution in [-0.4, -0.2) is 14.8 Å². The Kier molecular flexibility index (Phi) is 4.20. The van der Waals surface area contributed by atoms with Crippen LogP contribution in [-0.2, 0) is 6.54 Å². The third-order valence-corrected chi connectivity index (χ3v) is 3.86. The van der Waals surface area contributed by atoms with E-state index < -0.39 is 5.56 Å². The van der Waals surface area contributed by atoms with Crippen LogP contribution < -0.4 is 5.56 Å². The number of hydrogen-bond donors (Lipinski definition) is 0. The third-order valence-electron chi connectivity index (χ3n) is 2.88. The zero-order valence-corrected chi connectivity index (χ0v) is 13.2. The van der Waals surface area contributed by atoms with Crippen molar-refractivity contribution in [1.29, 1.82) is 0 Å². The van der Waals surface area contributed by atoms with E-state index in [1.165, 1.54) is 12.5 Å². The van der Waals surface area contributed by atoms with Crippen molar-refractivity contribution in [3.63, 3.8) is 0 Å². The van der Waals surface area contributed by atoms with Gasteiger partial charge in [-0.1, -0.05) is 40.9 Å². The number of nitrogens with zero attached hydrogens (tertiary/aromatic N) is 3. The van der Waals surface area contributed by atoms with Gasteiger partial charge in [-0.25, -0.2) is 9.67 Å². The number of rotatable bonds is 3. The SMILES string of the molecule is O=c1c(Cl)c(Cl)cnn1Cc1coc(-c2cccc(Cl)c2)n1. The van der Waals surface area contributed by atoms with Gasteiger partial charge in [-0.05, 0) is 18.2 Å². The van der Waals surface area contributed by atoms with Crippen molar-refractivity contribution in [2.24, 2.45) is 0 Å². The first-order chi connectivity index (χ1) is 10.5. The van der Waals surface area contributed by atoms with Crippen LogP contribution in [0.3, 0.4) is 0 Å². The molecule has 2 aromatic heterocycles. The Bertz CT molecular complexity index is 889. The monoisotopic (exact) mass is 355 g/mol. The molecule has 3 rings (SSSR count). The van der Waals surface area contributed by atoms with Crippen molar-refractivity contribution in [2.45, 2.75) is 6.54 Å². The summed E-state index contributed by atoms with van der Waals surface area (Å²) >= 11 is 17.5. The minimum absolute atomic E-state index is 0.0739. The normalized spacial score (nSPS) is 10.9. The van der Waals surface area contributed by atoms with Crippen molar-refractivity contribution in [2.75, 3.05) is 0 Å². The Morgan fingerprint density at radius 1 is 1.23 bits per heavy atom. The third kappa shape index (κ3) is 3.02. The summed E-state index contributed by atoms with van der Waals surface area (Å²) in [5.41, 5.74) is 0.789. The van der Waals surface area contributed by atoms with Crippen LogP contribution in [0.1, 0.15) is 5.69 Å². The minimum atomic E-state index is -0.485. The van der Waals surface area contributed by atoms with Crippen LogP contribution in [0.4, 0.5) is 0 Å². The molecular formula is C14H8Cl3N3O2. The summed E-state index contributed by atoms with van der Waals surface area (Å²) in [5.74, 6) is 0.408. The van der Waals surface area contributed by atoms with Gasteiger partial charge in [-0.15, -0.1) is 0 Å². The fourth-order valence-electron chi connectivity index (χ4n) is 1.84. The summed E-state index contributed by atoms with van der Waals surface area (Å²) in [6.45, 7) is 0.125. The standard InChI is InChI=1S/C14H8Cl3N3O2/c15-9-3-1-2-8(4-9)13-19-10(7-22-13)6-20-14(21)12(17)11(16)5-18-20/h1-5,7H,6H2. The molecule has 0 unspecified atom stereocenters. The molecule has 0 aliphatic heterocycles. The van der Waals surface area contributed by atoms with Crippen LogP contribution in [0.2, 0.25) is 15.1 Å². The minimum Gasteiger partial charge on any atom is -0.444 e. The van der Waals surface area contributed by atoms with Crippen LogP contribution >= 0.6 is 34.8 Å². The lowest BCUT2D eigenvalue weighted by Gasteiger charge is -2.02. The Labute approximate surface area is 140 Å². The molecule has 112 valence electrons. The van der Waals surface area contributed by atoms with Gasteiger partial charge >= 0.3 is 0 Å². The first kappa shape index (κ1) is 15.1. The topological polar surface area (TPSA) is 60.9 Å². The van der Waals surface area contributed by atoms with Gasteiger partial charge in [0, 0.05) is 10.6 Å². The predicted molar refractivity (Wildman–Crippen MR) is 84.6 cm³/mol. The van der Waals surface area contributed by atoms with Gasteiger partial charge < -0.3 is 4.42 Å². The Morgan fingerprint density at radius 2 is 2.05 bits per heavy atom. The largest absolute Gasteiger partial charge is 0.444 e. The smallest absolute Gasteiger partial charge is 0.287 e. The maximum Gasteiger partial charge on any atom is 0.287 e. The quantitative estimate of drug-likeness (QED) is 0.714. The second kappa shape index (κ2) is 6.12. The molecule has 3 aromatic rings. The van der Waals surface area contributed by atoms with E-state index in [4.69, 9.17) is 39.2 Å². The lowest BCUT2D eigenvalue weighted by Crippen LogP contribution is -2.23. The molecule has 0 atom stereocenters. The highest BCUT2D eigenvalue weighted by molar-refractivity contribution is 6.41. The zero-order chi connectivity index (χ0) is 15.7. The van der Waals surface area contributed by atoms with Gasteiger partial charge in [-0.2, -0.15) is 5.10 Å². The Balaban J connectivity index is 1.89. The average molecular weight is 357 g/mol. The molecule has 0 amide bonds. The van der Waals surface area contributed by atoms with E-state index in [1.807, 2.05) is 6.07 Å². The van der Waals surface area contributed by atoms with Crippen LogP contribution in [0.15, 0.2) is 45.9 Å².